The summed E-state index contributed by atoms with van der Waals surface area (Å²) in [4.78, 5) is 7.00. The zero-order valence-corrected chi connectivity index (χ0v) is 15.0. The number of aromatic nitrogens is 2. The molecule has 2 N–H and O–H groups in total. The topological polar surface area (TPSA) is 46.6 Å². The molecule has 0 radical (unpaired) electrons. The number of rotatable bonds is 7. The van der Waals surface area contributed by atoms with E-state index >= 15 is 0 Å². The Morgan fingerprint density at radius 2 is 1.83 bits per heavy atom. The molecule has 0 bridgehead atoms. The van der Waals surface area contributed by atoms with Crippen molar-refractivity contribution in [3.8, 4) is 0 Å². The summed E-state index contributed by atoms with van der Waals surface area (Å²) in [5.74, 6) is 0. The first-order chi connectivity index (χ1) is 11.2. The lowest BCUT2D eigenvalue weighted by molar-refractivity contribution is 0.273. The van der Waals surface area contributed by atoms with Gasteiger partial charge in [0.2, 0.25) is 0 Å². The zero-order valence-electron chi connectivity index (χ0n) is 13.4. The third-order valence-corrected chi connectivity index (χ3v) is 4.08. The molecule has 1 aromatic carbocycles. The van der Waals surface area contributed by atoms with Crippen LogP contribution in [0.1, 0.15) is 11.3 Å². The Morgan fingerprint density at radius 3 is 2.58 bits per heavy atom. The first kappa shape index (κ1) is 18.7. The molecule has 0 amide bonds. The van der Waals surface area contributed by atoms with Crippen LogP contribution in [0.5, 0.6) is 0 Å². The van der Waals surface area contributed by atoms with Crippen LogP contribution in [-0.4, -0.2) is 33.9 Å². The van der Waals surface area contributed by atoms with Crippen LogP contribution < -0.4 is 5.73 Å². The Morgan fingerprint density at radius 1 is 1.04 bits per heavy atom. The van der Waals surface area contributed by atoms with Gasteiger partial charge in [-0.2, -0.15) is 0 Å². The van der Waals surface area contributed by atoms with E-state index in [1.807, 2.05) is 35.0 Å². The van der Waals surface area contributed by atoms with E-state index in [2.05, 4.69) is 34.1 Å². The van der Waals surface area contributed by atoms with Crippen LogP contribution in [0.2, 0.25) is 5.02 Å². The molecule has 0 aliphatic carbocycles. The molecule has 24 heavy (non-hydrogen) atoms. The summed E-state index contributed by atoms with van der Waals surface area (Å²) in [5.41, 5.74) is 9.06. The van der Waals surface area contributed by atoms with Crippen LogP contribution in [0.4, 0.5) is 0 Å². The van der Waals surface area contributed by atoms with E-state index in [4.69, 9.17) is 17.3 Å². The van der Waals surface area contributed by atoms with Gasteiger partial charge in [-0.3, -0.25) is 4.90 Å². The van der Waals surface area contributed by atoms with Gasteiger partial charge in [-0.1, -0.05) is 41.9 Å². The highest BCUT2D eigenvalue weighted by Gasteiger charge is 2.09. The minimum Gasteiger partial charge on any atom is -0.329 e. The Hall–Kier alpha value is -1.59. The van der Waals surface area contributed by atoms with E-state index in [0.717, 1.165) is 37.4 Å². The fourth-order valence-corrected chi connectivity index (χ4v) is 2.88. The van der Waals surface area contributed by atoms with Gasteiger partial charge in [0.05, 0.1) is 10.7 Å². The van der Waals surface area contributed by atoms with E-state index in [1.165, 1.54) is 5.56 Å². The molecule has 2 heterocycles. The maximum Gasteiger partial charge on any atom is 0.137 e. The second-order valence-corrected chi connectivity index (χ2v) is 6.08. The highest BCUT2D eigenvalue weighted by atomic mass is 35.5. The highest BCUT2D eigenvalue weighted by Crippen LogP contribution is 2.13. The van der Waals surface area contributed by atoms with Crippen LogP contribution >= 0.6 is 24.0 Å². The number of fused-ring (bicyclic) bond motifs is 1. The maximum absolute atomic E-state index is 6.03. The van der Waals surface area contributed by atoms with Gasteiger partial charge in [0.25, 0.3) is 0 Å². The molecule has 0 spiro atoms. The van der Waals surface area contributed by atoms with Gasteiger partial charge in [-0.25, -0.2) is 4.98 Å². The van der Waals surface area contributed by atoms with E-state index in [1.54, 1.807) is 0 Å². The van der Waals surface area contributed by atoms with Crippen molar-refractivity contribution in [1.82, 2.24) is 14.3 Å². The average molecular weight is 365 g/mol. The molecule has 0 aliphatic rings. The molecule has 4 nitrogen and oxygen atoms in total. The molecule has 2 aromatic heterocycles. The van der Waals surface area contributed by atoms with Crippen molar-refractivity contribution in [3.05, 3.63) is 71.1 Å². The summed E-state index contributed by atoms with van der Waals surface area (Å²) < 4.78 is 1.97. The van der Waals surface area contributed by atoms with Gasteiger partial charge in [-0.15, -0.1) is 12.4 Å². The Kier molecular flexibility index (Phi) is 7.06. The number of nitrogens with two attached hydrogens (primary N) is 1. The summed E-state index contributed by atoms with van der Waals surface area (Å²) in [6.45, 7) is 3.27. The summed E-state index contributed by atoms with van der Waals surface area (Å²) >= 11 is 6.03. The third kappa shape index (κ3) is 4.95. The van der Waals surface area contributed by atoms with Gasteiger partial charge in [-0.05, 0) is 24.1 Å². The number of pyridine rings is 1. The molecule has 0 aliphatic heterocycles. The zero-order chi connectivity index (χ0) is 16.1. The van der Waals surface area contributed by atoms with Crippen LogP contribution in [0.25, 0.3) is 5.65 Å². The lowest BCUT2D eigenvalue weighted by Gasteiger charge is -2.20. The normalized spacial score (nSPS) is 11.0. The summed E-state index contributed by atoms with van der Waals surface area (Å²) in [7, 11) is 0. The molecule has 128 valence electrons. The van der Waals surface area contributed by atoms with Gasteiger partial charge < -0.3 is 10.1 Å². The van der Waals surface area contributed by atoms with Gasteiger partial charge in [0.15, 0.2) is 0 Å². The highest BCUT2D eigenvalue weighted by molar-refractivity contribution is 6.30. The fourth-order valence-electron chi connectivity index (χ4n) is 2.71. The molecule has 0 unspecified atom stereocenters. The van der Waals surface area contributed by atoms with E-state index < -0.39 is 0 Å². The monoisotopic (exact) mass is 364 g/mol. The Balaban J connectivity index is 0.00000208. The molecule has 3 rings (SSSR count). The number of nitrogens with zero attached hydrogens (tertiary/aromatic N) is 3. The van der Waals surface area contributed by atoms with E-state index in [9.17, 15) is 0 Å². The second kappa shape index (κ2) is 9.04. The summed E-state index contributed by atoms with van der Waals surface area (Å²) in [5, 5.41) is 0.712. The minimum absolute atomic E-state index is 0. The number of imidazole rings is 1. The standard InChI is InChI=1S/C18H21ClN4.ClH/c19-16-6-7-18-21-17(14-23(18)12-16)13-22(11-9-20)10-8-15-4-2-1-3-5-15;/h1-7,12,14H,8-11,13,20H2;1H. The number of benzene rings is 1. The van der Waals surface area contributed by atoms with Crippen LogP contribution in [0, 0.1) is 0 Å². The van der Waals surface area contributed by atoms with Crippen LogP contribution in [0.3, 0.4) is 0 Å². The predicted octanol–water partition coefficient (Wildman–Crippen LogP) is 3.41. The molecule has 0 saturated heterocycles. The van der Waals surface area contributed by atoms with Gasteiger partial charge in [0, 0.05) is 38.6 Å². The second-order valence-electron chi connectivity index (χ2n) is 5.65. The quantitative estimate of drug-likeness (QED) is 0.698. The van der Waals surface area contributed by atoms with Crippen molar-refractivity contribution in [3.63, 3.8) is 0 Å². The molecule has 0 saturated carbocycles. The number of hydrogen-bond acceptors (Lipinski definition) is 3. The smallest absolute Gasteiger partial charge is 0.137 e. The summed E-state index contributed by atoms with van der Waals surface area (Å²) in [6.07, 6.45) is 4.93. The van der Waals surface area contributed by atoms with Crippen molar-refractivity contribution in [1.29, 1.82) is 0 Å². The average Bonchev–Trinajstić information content (AvgIpc) is 2.95. The third-order valence-electron chi connectivity index (χ3n) is 3.86. The van der Waals surface area contributed by atoms with Crippen LogP contribution in [0.15, 0.2) is 54.9 Å². The van der Waals surface area contributed by atoms with Crippen molar-refractivity contribution >= 4 is 29.7 Å². The fraction of sp³-hybridized carbons (Fsp3) is 0.278. The first-order valence-corrected chi connectivity index (χ1v) is 8.22. The Bertz CT molecular complexity index is 758. The van der Waals surface area contributed by atoms with Crippen LogP contribution in [-0.2, 0) is 13.0 Å². The molecule has 6 heteroatoms. The largest absolute Gasteiger partial charge is 0.329 e. The molecule has 0 fully saturated rings. The molecular formula is C18H22Cl2N4. The number of hydrogen-bond donors (Lipinski definition) is 1. The van der Waals surface area contributed by atoms with E-state index in [-0.39, 0.29) is 12.4 Å². The van der Waals surface area contributed by atoms with Crippen molar-refractivity contribution < 1.29 is 0 Å². The first-order valence-electron chi connectivity index (χ1n) is 7.84. The summed E-state index contributed by atoms with van der Waals surface area (Å²) in [6, 6.07) is 14.3. The lowest BCUT2D eigenvalue weighted by Crippen LogP contribution is -2.31. The van der Waals surface area contributed by atoms with E-state index in [0.29, 0.717) is 11.6 Å². The van der Waals surface area contributed by atoms with Gasteiger partial charge in [0.1, 0.15) is 5.65 Å². The maximum atomic E-state index is 6.03. The lowest BCUT2D eigenvalue weighted by atomic mass is 10.1. The van der Waals surface area contributed by atoms with Crippen molar-refractivity contribution in [2.24, 2.45) is 5.73 Å². The van der Waals surface area contributed by atoms with Crippen molar-refractivity contribution in [2.75, 3.05) is 19.6 Å². The number of halogens is 2. The van der Waals surface area contributed by atoms with Crippen molar-refractivity contribution in [2.45, 2.75) is 13.0 Å². The SMILES string of the molecule is Cl.NCCN(CCc1ccccc1)Cc1cn2cc(Cl)ccc2n1. The van der Waals surface area contributed by atoms with Gasteiger partial charge >= 0.3 is 0 Å². The molecular weight excluding hydrogens is 343 g/mol. The molecule has 0 atom stereocenters. The Labute approximate surface area is 153 Å². The predicted molar refractivity (Wildman–Crippen MR) is 102 cm³/mol. The molecule has 3 aromatic rings. The minimum atomic E-state index is 0.